The van der Waals surface area contributed by atoms with Gasteiger partial charge >= 0.3 is 0 Å². The van der Waals surface area contributed by atoms with Crippen LogP contribution in [0.3, 0.4) is 0 Å². The minimum absolute atomic E-state index is 0.225. The maximum absolute atomic E-state index is 12.8. The average Bonchev–Trinajstić information content (AvgIpc) is 2.60. The fourth-order valence-electron chi connectivity index (χ4n) is 2.03. The molecule has 0 aliphatic heterocycles. The number of carbonyl (C=O) groups is 2. The van der Waals surface area contributed by atoms with Crippen LogP contribution < -0.4 is 15.6 Å². The Morgan fingerprint density at radius 2 is 1.67 bits per heavy atom. The predicted molar refractivity (Wildman–Crippen MR) is 87.9 cm³/mol. The first-order valence-corrected chi connectivity index (χ1v) is 7.65. The van der Waals surface area contributed by atoms with Crippen molar-refractivity contribution in [3.63, 3.8) is 0 Å². The number of carbonyl (C=O) groups excluding carboxylic acids is 2. The lowest BCUT2D eigenvalue weighted by molar-refractivity contribution is -0.123. The largest absolute Gasteiger partial charge is 0.484 e. The SMILES string of the molecule is CCCc1ccc(OCC(=O)NNC(=O)c2ccc(F)cc2)cc1. The Morgan fingerprint density at radius 3 is 2.29 bits per heavy atom. The van der Waals surface area contributed by atoms with Crippen molar-refractivity contribution in [3.8, 4) is 5.75 Å². The van der Waals surface area contributed by atoms with Crippen molar-refractivity contribution in [3.05, 3.63) is 65.5 Å². The highest BCUT2D eigenvalue weighted by Gasteiger charge is 2.08. The summed E-state index contributed by atoms with van der Waals surface area (Å²) in [6.07, 6.45) is 2.06. The Morgan fingerprint density at radius 1 is 1.00 bits per heavy atom. The number of aryl methyl sites for hydroxylation is 1. The van der Waals surface area contributed by atoms with Crippen LogP contribution in [0.1, 0.15) is 29.3 Å². The van der Waals surface area contributed by atoms with E-state index in [2.05, 4.69) is 17.8 Å². The zero-order valence-electron chi connectivity index (χ0n) is 13.3. The van der Waals surface area contributed by atoms with Crippen molar-refractivity contribution in [2.75, 3.05) is 6.61 Å². The van der Waals surface area contributed by atoms with E-state index in [1.165, 1.54) is 29.8 Å². The summed E-state index contributed by atoms with van der Waals surface area (Å²) in [6, 6.07) is 12.5. The zero-order chi connectivity index (χ0) is 17.4. The highest BCUT2D eigenvalue weighted by Crippen LogP contribution is 2.13. The molecule has 0 fully saturated rings. The van der Waals surface area contributed by atoms with Gasteiger partial charge in [0.25, 0.3) is 11.8 Å². The van der Waals surface area contributed by atoms with Gasteiger partial charge in [-0.15, -0.1) is 0 Å². The molecule has 0 aliphatic carbocycles. The molecule has 0 aliphatic rings. The van der Waals surface area contributed by atoms with Gasteiger partial charge in [0.1, 0.15) is 11.6 Å². The van der Waals surface area contributed by atoms with E-state index < -0.39 is 17.6 Å². The number of halogens is 1. The fraction of sp³-hybridized carbons (Fsp3) is 0.222. The number of hydrazine groups is 1. The Labute approximate surface area is 139 Å². The molecular formula is C18H19FN2O3. The maximum atomic E-state index is 12.8. The molecule has 0 saturated carbocycles. The van der Waals surface area contributed by atoms with E-state index in [9.17, 15) is 14.0 Å². The summed E-state index contributed by atoms with van der Waals surface area (Å²) in [4.78, 5) is 23.4. The topological polar surface area (TPSA) is 67.4 Å². The minimum atomic E-state index is -0.535. The molecule has 0 saturated heterocycles. The summed E-state index contributed by atoms with van der Waals surface area (Å²) in [7, 11) is 0. The molecular weight excluding hydrogens is 311 g/mol. The van der Waals surface area contributed by atoms with Crippen LogP contribution in [0.2, 0.25) is 0 Å². The molecule has 2 rings (SSSR count). The highest BCUT2D eigenvalue weighted by molar-refractivity contribution is 5.95. The van der Waals surface area contributed by atoms with Crippen molar-refractivity contribution in [1.82, 2.24) is 10.9 Å². The first-order chi connectivity index (χ1) is 11.6. The molecule has 2 amide bonds. The molecule has 0 heterocycles. The predicted octanol–water partition coefficient (Wildman–Crippen LogP) is 2.62. The molecule has 126 valence electrons. The minimum Gasteiger partial charge on any atom is -0.484 e. The molecule has 2 aromatic carbocycles. The zero-order valence-corrected chi connectivity index (χ0v) is 13.3. The third kappa shape index (κ3) is 5.39. The van der Waals surface area contributed by atoms with Crippen LogP contribution >= 0.6 is 0 Å². The molecule has 0 atom stereocenters. The third-order valence-corrected chi connectivity index (χ3v) is 3.25. The van der Waals surface area contributed by atoms with Crippen molar-refractivity contribution in [1.29, 1.82) is 0 Å². The van der Waals surface area contributed by atoms with E-state index in [0.717, 1.165) is 12.8 Å². The van der Waals surface area contributed by atoms with Gasteiger partial charge in [0, 0.05) is 5.56 Å². The second-order valence-corrected chi connectivity index (χ2v) is 5.19. The van der Waals surface area contributed by atoms with Gasteiger partial charge in [0.2, 0.25) is 0 Å². The van der Waals surface area contributed by atoms with E-state index in [1.54, 1.807) is 12.1 Å². The lowest BCUT2D eigenvalue weighted by Gasteiger charge is -2.09. The summed E-state index contributed by atoms with van der Waals surface area (Å²) in [5, 5.41) is 0. The normalized spacial score (nSPS) is 10.1. The van der Waals surface area contributed by atoms with Gasteiger partial charge < -0.3 is 4.74 Å². The summed E-state index contributed by atoms with van der Waals surface area (Å²) in [5.74, 6) is -0.890. The molecule has 24 heavy (non-hydrogen) atoms. The average molecular weight is 330 g/mol. The fourth-order valence-corrected chi connectivity index (χ4v) is 2.03. The lowest BCUT2D eigenvalue weighted by Crippen LogP contribution is -2.43. The molecule has 2 aromatic rings. The molecule has 6 heteroatoms. The van der Waals surface area contributed by atoms with Crippen molar-refractivity contribution in [2.45, 2.75) is 19.8 Å². The van der Waals surface area contributed by atoms with Gasteiger partial charge in [-0.2, -0.15) is 0 Å². The Bertz CT molecular complexity index is 684. The summed E-state index contributed by atoms with van der Waals surface area (Å²) in [6.45, 7) is 1.88. The van der Waals surface area contributed by atoms with E-state index in [1.807, 2.05) is 12.1 Å². The number of rotatable bonds is 6. The van der Waals surface area contributed by atoms with Gasteiger partial charge in [-0.05, 0) is 48.4 Å². The summed E-state index contributed by atoms with van der Waals surface area (Å²) < 4.78 is 18.1. The van der Waals surface area contributed by atoms with Gasteiger partial charge in [0.15, 0.2) is 6.61 Å². The van der Waals surface area contributed by atoms with Gasteiger partial charge in [-0.3, -0.25) is 20.4 Å². The van der Waals surface area contributed by atoms with Crippen molar-refractivity contribution in [2.24, 2.45) is 0 Å². The van der Waals surface area contributed by atoms with Crippen LogP contribution in [0.5, 0.6) is 5.75 Å². The number of amides is 2. The van der Waals surface area contributed by atoms with E-state index >= 15 is 0 Å². The maximum Gasteiger partial charge on any atom is 0.276 e. The Hall–Kier alpha value is -2.89. The van der Waals surface area contributed by atoms with Crippen molar-refractivity contribution >= 4 is 11.8 Å². The standard InChI is InChI=1S/C18H19FN2O3/c1-2-3-13-4-10-16(11-5-13)24-12-17(22)20-21-18(23)14-6-8-15(19)9-7-14/h4-11H,2-3,12H2,1H3,(H,20,22)(H,21,23). The quantitative estimate of drug-likeness (QED) is 0.800. The van der Waals surface area contributed by atoms with Crippen LogP contribution in [0.25, 0.3) is 0 Å². The molecule has 2 N–H and O–H groups in total. The first kappa shape index (κ1) is 17.5. The second kappa shape index (κ2) is 8.67. The molecule has 5 nitrogen and oxygen atoms in total. The molecule has 0 bridgehead atoms. The van der Waals surface area contributed by atoms with Crippen molar-refractivity contribution < 1.29 is 18.7 Å². The van der Waals surface area contributed by atoms with Crippen LogP contribution in [-0.4, -0.2) is 18.4 Å². The number of benzene rings is 2. The number of nitrogens with one attached hydrogen (secondary N) is 2. The van der Waals surface area contributed by atoms with Gasteiger partial charge in [0.05, 0.1) is 0 Å². The number of ether oxygens (including phenoxy) is 1. The van der Waals surface area contributed by atoms with E-state index in [-0.39, 0.29) is 12.2 Å². The van der Waals surface area contributed by atoms with E-state index in [0.29, 0.717) is 5.75 Å². The van der Waals surface area contributed by atoms with Gasteiger partial charge in [-0.1, -0.05) is 25.5 Å². The second-order valence-electron chi connectivity index (χ2n) is 5.19. The molecule has 0 aromatic heterocycles. The van der Waals surface area contributed by atoms with E-state index in [4.69, 9.17) is 4.74 Å². The smallest absolute Gasteiger partial charge is 0.276 e. The molecule has 0 spiro atoms. The highest BCUT2D eigenvalue weighted by atomic mass is 19.1. The summed E-state index contributed by atoms with van der Waals surface area (Å²) >= 11 is 0. The molecule has 0 unspecified atom stereocenters. The van der Waals surface area contributed by atoms with Gasteiger partial charge in [-0.25, -0.2) is 4.39 Å². The van der Waals surface area contributed by atoms with Crippen LogP contribution in [0.4, 0.5) is 4.39 Å². The van der Waals surface area contributed by atoms with Crippen LogP contribution in [0, 0.1) is 5.82 Å². The first-order valence-electron chi connectivity index (χ1n) is 7.65. The lowest BCUT2D eigenvalue weighted by atomic mass is 10.1. The summed E-state index contributed by atoms with van der Waals surface area (Å²) in [5.41, 5.74) is 5.93. The Balaban J connectivity index is 1.74. The van der Waals surface area contributed by atoms with Crippen LogP contribution in [-0.2, 0) is 11.2 Å². The Kier molecular flexibility index (Phi) is 6.31. The molecule has 0 radical (unpaired) electrons. The number of hydrogen-bond acceptors (Lipinski definition) is 3. The van der Waals surface area contributed by atoms with Crippen LogP contribution in [0.15, 0.2) is 48.5 Å². The monoisotopic (exact) mass is 330 g/mol. The third-order valence-electron chi connectivity index (χ3n) is 3.25. The number of hydrogen-bond donors (Lipinski definition) is 2.